The molecule has 1 fully saturated rings. The number of halogens is 1. The average Bonchev–Trinajstić information content (AvgIpc) is 3.32. The van der Waals surface area contributed by atoms with Crippen molar-refractivity contribution in [1.82, 2.24) is 15.3 Å². The van der Waals surface area contributed by atoms with Gasteiger partial charge in [-0.25, -0.2) is 5.43 Å². The summed E-state index contributed by atoms with van der Waals surface area (Å²) in [5, 5.41) is 5.33. The highest BCUT2D eigenvalue weighted by molar-refractivity contribution is 6.30. The van der Waals surface area contributed by atoms with Crippen molar-refractivity contribution in [1.29, 1.82) is 0 Å². The second kappa shape index (κ2) is 10.2. The van der Waals surface area contributed by atoms with Crippen LogP contribution in [0.3, 0.4) is 0 Å². The number of hydrazine groups is 1. The second-order valence-corrected chi connectivity index (χ2v) is 8.94. The molecule has 0 spiro atoms. The number of anilines is 1. The third-order valence-electron chi connectivity index (χ3n) is 6.05. The lowest BCUT2D eigenvalue weighted by atomic mass is 10.0. The van der Waals surface area contributed by atoms with E-state index in [0.29, 0.717) is 29.5 Å². The first-order chi connectivity index (χ1) is 17.0. The number of hydrogen-bond donors (Lipinski definition) is 2. The molecule has 2 unspecified atom stereocenters. The number of rotatable bonds is 7. The molecule has 3 aromatic rings. The molecule has 2 heterocycles. The molecule has 7 nitrogen and oxygen atoms in total. The van der Waals surface area contributed by atoms with Crippen LogP contribution in [0, 0.1) is 0 Å². The van der Waals surface area contributed by atoms with Gasteiger partial charge < -0.3 is 20.0 Å². The molecule has 35 heavy (non-hydrogen) atoms. The monoisotopic (exact) mass is 488 g/mol. The van der Waals surface area contributed by atoms with Crippen molar-refractivity contribution < 1.29 is 14.3 Å². The number of fused-ring (bicyclic) bond motifs is 1. The molecule has 3 aromatic carbocycles. The number of carbonyl (C=O) groups is 2. The number of nitrogens with one attached hydrogen (secondary N) is 2. The summed E-state index contributed by atoms with van der Waals surface area (Å²) in [5.41, 5.74) is 6.13. The van der Waals surface area contributed by atoms with Crippen LogP contribution >= 0.6 is 11.6 Å². The van der Waals surface area contributed by atoms with Crippen LogP contribution in [-0.2, 0) is 16.2 Å². The molecule has 2 atom stereocenters. The summed E-state index contributed by atoms with van der Waals surface area (Å²) >= 11 is 5.99. The number of amides is 2. The summed E-state index contributed by atoms with van der Waals surface area (Å²) in [6.45, 7) is 0.416. The van der Waals surface area contributed by atoms with Crippen molar-refractivity contribution in [2.75, 3.05) is 11.9 Å². The fourth-order valence-corrected chi connectivity index (χ4v) is 4.34. The highest BCUT2D eigenvalue weighted by atomic mass is 35.5. The predicted octanol–water partition coefficient (Wildman–Crippen LogP) is 4.49. The Balaban J connectivity index is 1.13. The van der Waals surface area contributed by atoms with Gasteiger partial charge in [0.1, 0.15) is 24.9 Å². The molecular formula is C27H25ClN4O3. The number of benzene rings is 3. The van der Waals surface area contributed by atoms with Crippen molar-refractivity contribution in [2.24, 2.45) is 0 Å². The molecule has 0 aliphatic carbocycles. The zero-order chi connectivity index (χ0) is 24.2. The van der Waals surface area contributed by atoms with Crippen LogP contribution in [0.4, 0.5) is 5.69 Å². The van der Waals surface area contributed by atoms with E-state index in [1.807, 2.05) is 71.7 Å². The molecule has 0 aromatic heterocycles. The van der Waals surface area contributed by atoms with Gasteiger partial charge in [-0.15, -0.1) is 0 Å². The Bertz CT molecular complexity index is 1220. The fraction of sp³-hybridized carbons (Fsp3) is 0.185. The highest BCUT2D eigenvalue weighted by Gasteiger charge is 2.40. The fourth-order valence-electron chi connectivity index (χ4n) is 4.21. The SMILES string of the molecule is O=C(CN1C=CN2NC(c3ccc(Cl)cc3)CC2C1=O)Nc1ccc(OCc2ccccc2)cc1. The topological polar surface area (TPSA) is 73.9 Å². The van der Waals surface area contributed by atoms with Crippen LogP contribution in [0.25, 0.3) is 0 Å². The number of ether oxygens (including phenoxy) is 1. The quantitative estimate of drug-likeness (QED) is 0.512. The second-order valence-electron chi connectivity index (χ2n) is 8.50. The predicted molar refractivity (Wildman–Crippen MR) is 134 cm³/mol. The Morgan fingerprint density at radius 2 is 1.74 bits per heavy atom. The van der Waals surface area contributed by atoms with Crippen molar-refractivity contribution in [3.05, 3.63) is 107 Å². The van der Waals surface area contributed by atoms with Crippen LogP contribution in [-0.4, -0.2) is 34.3 Å². The first-order valence-corrected chi connectivity index (χ1v) is 11.8. The lowest BCUT2D eigenvalue weighted by Crippen LogP contribution is -2.49. The molecule has 5 rings (SSSR count). The molecule has 2 N–H and O–H groups in total. The zero-order valence-corrected chi connectivity index (χ0v) is 19.7. The molecule has 0 saturated carbocycles. The van der Waals surface area contributed by atoms with Crippen LogP contribution < -0.4 is 15.5 Å². The van der Waals surface area contributed by atoms with E-state index < -0.39 is 0 Å². The van der Waals surface area contributed by atoms with Gasteiger partial charge in [-0.1, -0.05) is 54.1 Å². The molecule has 0 bridgehead atoms. The van der Waals surface area contributed by atoms with Crippen LogP contribution in [0.5, 0.6) is 5.75 Å². The molecule has 1 saturated heterocycles. The van der Waals surface area contributed by atoms with E-state index in [1.54, 1.807) is 24.5 Å². The van der Waals surface area contributed by atoms with Gasteiger partial charge >= 0.3 is 0 Å². The van der Waals surface area contributed by atoms with E-state index >= 15 is 0 Å². The maximum absolute atomic E-state index is 13.0. The summed E-state index contributed by atoms with van der Waals surface area (Å²) in [6.07, 6.45) is 4.04. The Kier molecular flexibility index (Phi) is 6.70. The molecule has 2 aliphatic heterocycles. The maximum Gasteiger partial charge on any atom is 0.251 e. The largest absolute Gasteiger partial charge is 0.489 e. The molecule has 178 valence electrons. The third kappa shape index (κ3) is 5.48. The lowest BCUT2D eigenvalue weighted by Gasteiger charge is -2.31. The Morgan fingerprint density at radius 3 is 2.49 bits per heavy atom. The Morgan fingerprint density at radius 1 is 1.00 bits per heavy atom. The Labute approximate surface area is 208 Å². The maximum atomic E-state index is 13.0. The normalized spacial score (nSPS) is 18.9. The lowest BCUT2D eigenvalue weighted by molar-refractivity contribution is -0.137. The van der Waals surface area contributed by atoms with E-state index in [0.717, 1.165) is 11.1 Å². The summed E-state index contributed by atoms with van der Waals surface area (Å²) in [7, 11) is 0. The van der Waals surface area contributed by atoms with Gasteiger partial charge in [0.05, 0.1) is 6.04 Å². The standard InChI is InChI=1S/C27H25ClN4O3/c28-21-8-6-20(7-9-21)24-16-25-27(34)31(14-15-32(25)30-24)17-26(33)29-22-10-12-23(13-11-22)35-18-19-4-2-1-3-5-19/h1-15,24-25,30H,16-18H2,(H,29,33). The first-order valence-electron chi connectivity index (χ1n) is 11.4. The summed E-state index contributed by atoms with van der Waals surface area (Å²) in [4.78, 5) is 27.1. The minimum Gasteiger partial charge on any atom is -0.489 e. The van der Waals surface area contributed by atoms with E-state index in [4.69, 9.17) is 16.3 Å². The minimum atomic E-state index is -0.366. The van der Waals surface area contributed by atoms with Crippen molar-refractivity contribution in [2.45, 2.75) is 25.1 Å². The van der Waals surface area contributed by atoms with Crippen LogP contribution in [0.15, 0.2) is 91.3 Å². The van der Waals surface area contributed by atoms with Gasteiger partial charge in [0, 0.05) is 23.1 Å². The van der Waals surface area contributed by atoms with Crippen molar-refractivity contribution >= 4 is 29.1 Å². The van der Waals surface area contributed by atoms with E-state index in [2.05, 4.69) is 10.7 Å². The molecule has 2 aliphatic rings. The smallest absolute Gasteiger partial charge is 0.251 e. The number of nitrogens with zero attached hydrogens (tertiary/aromatic N) is 2. The van der Waals surface area contributed by atoms with E-state index in [1.165, 1.54) is 4.90 Å². The zero-order valence-electron chi connectivity index (χ0n) is 18.9. The number of hydrogen-bond acceptors (Lipinski definition) is 5. The molecule has 2 amide bonds. The van der Waals surface area contributed by atoms with Crippen molar-refractivity contribution in [3.63, 3.8) is 0 Å². The first kappa shape index (κ1) is 23.0. The number of carbonyl (C=O) groups excluding carboxylic acids is 2. The van der Waals surface area contributed by atoms with Crippen LogP contribution in [0.2, 0.25) is 5.02 Å². The van der Waals surface area contributed by atoms with E-state index in [-0.39, 0.29) is 30.4 Å². The van der Waals surface area contributed by atoms with Gasteiger partial charge in [-0.2, -0.15) is 0 Å². The molecular weight excluding hydrogens is 464 g/mol. The average molecular weight is 489 g/mol. The minimum absolute atomic E-state index is 0.00210. The summed E-state index contributed by atoms with van der Waals surface area (Å²) in [5.74, 6) is 0.330. The van der Waals surface area contributed by atoms with Gasteiger partial charge in [0.25, 0.3) is 5.91 Å². The van der Waals surface area contributed by atoms with Gasteiger partial charge in [-0.3, -0.25) is 9.59 Å². The van der Waals surface area contributed by atoms with Gasteiger partial charge in [-0.05, 0) is 53.9 Å². The van der Waals surface area contributed by atoms with Gasteiger partial charge in [0.2, 0.25) is 5.91 Å². The third-order valence-corrected chi connectivity index (χ3v) is 6.30. The van der Waals surface area contributed by atoms with Gasteiger partial charge in [0.15, 0.2) is 0 Å². The highest BCUT2D eigenvalue weighted by Crippen LogP contribution is 2.31. The Hall–Kier alpha value is -3.81. The van der Waals surface area contributed by atoms with Crippen molar-refractivity contribution in [3.8, 4) is 5.75 Å². The molecule has 0 radical (unpaired) electrons. The summed E-state index contributed by atoms with van der Waals surface area (Å²) in [6, 6.07) is 24.3. The van der Waals surface area contributed by atoms with E-state index in [9.17, 15) is 9.59 Å². The van der Waals surface area contributed by atoms with Crippen LogP contribution in [0.1, 0.15) is 23.6 Å². The summed E-state index contributed by atoms with van der Waals surface area (Å²) < 4.78 is 5.78. The molecule has 8 heteroatoms.